The number of sulfonamides is 1. The molecule has 1 aromatic heterocycles. The van der Waals surface area contributed by atoms with E-state index < -0.39 is 27.7 Å². The fourth-order valence-corrected chi connectivity index (χ4v) is 4.75. The maximum atomic E-state index is 12.7. The lowest BCUT2D eigenvalue weighted by Crippen LogP contribution is -2.26. The molecular formula is C20H17F3N2O3S2. The Morgan fingerprint density at radius 2 is 1.77 bits per heavy atom. The molecule has 0 aliphatic carbocycles. The van der Waals surface area contributed by atoms with Gasteiger partial charge in [0.2, 0.25) is 0 Å². The van der Waals surface area contributed by atoms with Crippen molar-refractivity contribution in [2.45, 2.75) is 16.9 Å². The van der Waals surface area contributed by atoms with Gasteiger partial charge in [-0.25, -0.2) is 8.42 Å². The van der Waals surface area contributed by atoms with Crippen molar-refractivity contribution in [1.82, 2.24) is 4.90 Å². The fraction of sp³-hybridized carbons (Fsp3) is 0.150. The van der Waals surface area contributed by atoms with Gasteiger partial charge < -0.3 is 4.90 Å². The first-order chi connectivity index (χ1) is 14.1. The molecule has 5 nitrogen and oxygen atoms in total. The van der Waals surface area contributed by atoms with Gasteiger partial charge in [0, 0.05) is 24.8 Å². The summed E-state index contributed by atoms with van der Waals surface area (Å²) in [5, 5.41) is 1.64. The van der Waals surface area contributed by atoms with Gasteiger partial charge in [0.05, 0.1) is 5.56 Å². The van der Waals surface area contributed by atoms with Crippen LogP contribution in [0.2, 0.25) is 0 Å². The van der Waals surface area contributed by atoms with E-state index in [1.165, 1.54) is 48.3 Å². The number of hydrogen-bond acceptors (Lipinski definition) is 4. The Balaban J connectivity index is 1.71. The Kier molecular flexibility index (Phi) is 6.18. The van der Waals surface area contributed by atoms with Gasteiger partial charge in [-0.1, -0.05) is 24.3 Å². The summed E-state index contributed by atoms with van der Waals surface area (Å²) in [7, 11) is -2.23. The van der Waals surface area contributed by atoms with Crippen LogP contribution in [0, 0.1) is 0 Å². The van der Waals surface area contributed by atoms with Gasteiger partial charge in [-0.3, -0.25) is 9.52 Å². The zero-order chi connectivity index (χ0) is 21.9. The molecule has 0 radical (unpaired) electrons. The minimum absolute atomic E-state index is 0.0993. The summed E-state index contributed by atoms with van der Waals surface area (Å²) in [4.78, 5) is 14.0. The Hall–Kier alpha value is -2.85. The van der Waals surface area contributed by atoms with Gasteiger partial charge in [-0.05, 0) is 47.3 Å². The van der Waals surface area contributed by atoms with Crippen LogP contribution in [-0.4, -0.2) is 26.3 Å². The van der Waals surface area contributed by atoms with Crippen LogP contribution in [0.1, 0.15) is 21.5 Å². The van der Waals surface area contributed by atoms with Crippen molar-refractivity contribution in [3.63, 3.8) is 0 Å². The minimum Gasteiger partial charge on any atom is -0.337 e. The van der Waals surface area contributed by atoms with E-state index >= 15 is 0 Å². The molecule has 0 atom stereocenters. The van der Waals surface area contributed by atoms with E-state index in [0.717, 1.165) is 23.5 Å². The first kappa shape index (κ1) is 21.8. The van der Waals surface area contributed by atoms with E-state index in [2.05, 4.69) is 4.72 Å². The molecule has 1 heterocycles. The fourth-order valence-electron chi connectivity index (χ4n) is 2.70. The Labute approximate surface area is 175 Å². The zero-order valence-corrected chi connectivity index (χ0v) is 17.3. The molecule has 0 saturated heterocycles. The third kappa shape index (κ3) is 5.19. The molecule has 1 amide bonds. The molecule has 0 aliphatic rings. The van der Waals surface area contributed by atoms with Crippen molar-refractivity contribution in [2.75, 3.05) is 11.8 Å². The number of amides is 1. The summed E-state index contributed by atoms with van der Waals surface area (Å²) in [6.07, 6.45) is -4.42. The van der Waals surface area contributed by atoms with Crippen LogP contribution in [0.25, 0.3) is 0 Å². The molecule has 2 aromatic carbocycles. The molecule has 0 saturated carbocycles. The minimum atomic E-state index is -4.42. The molecule has 0 unspecified atom stereocenters. The van der Waals surface area contributed by atoms with E-state index in [1.807, 2.05) is 0 Å². The lowest BCUT2D eigenvalue weighted by molar-refractivity contribution is -0.137. The van der Waals surface area contributed by atoms with E-state index in [4.69, 9.17) is 0 Å². The van der Waals surface area contributed by atoms with Gasteiger partial charge in [-0.15, -0.1) is 11.3 Å². The van der Waals surface area contributed by atoms with Crippen LogP contribution in [-0.2, 0) is 22.7 Å². The molecule has 158 valence electrons. The predicted molar refractivity (Wildman–Crippen MR) is 109 cm³/mol. The number of halogens is 3. The second-order valence-corrected chi connectivity index (χ2v) is 9.33. The summed E-state index contributed by atoms with van der Waals surface area (Å²) < 4.78 is 65.3. The van der Waals surface area contributed by atoms with Crippen molar-refractivity contribution in [1.29, 1.82) is 0 Å². The van der Waals surface area contributed by atoms with E-state index in [9.17, 15) is 26.4 Å². The van der Waals surface area contributed by atoms with Crippen molar-refractivity contribution < 1.29 is 26.4 Å². The maximum absolute atomic E-state index is 12.7. The molecule has 0 spiro atoms. The van der Waals surface area contributed by atoms with Crippen LogP contribution in [0.4, 0.5) is 18.9 Å². The van der Waals surface area contributed by atoms with Crippen LogP contribution < -0.4 is 4.72 Å². The smallest absolute Gasteiger partial charge is 0.337 e. The Morgan fingerprint density at radius 1 is 1.07 bits per heavy atom. The number of anilines is 1. The number of rotatable bonds is 6. The number of carbonyl (C=O) groups excluding carboxylic acids is 1. The Morgan fingerprint density at radius 3 is 2.37 bits per heavy atom. The van der Waals surface area contributed by atoms with Crippen molar-refractivity contribution in [3.8, 4) is 0 Å². The zero-order valence-electron chi connectivity index (χ0n) is 15.7. The summed E-state index contributed by atoms with van der Waals surface area (Å²) in [5.41, 5.74) is 0.257. The summed E-state index contributed by atoms with van der Waals surface area (Å²) in [6.45, 7) is 0.0993. The molecule has 0 bridgehead atoms. The second-order valence-electron chi connectivity index (χ2n) is 6.47. The van der Waals surface area contributed by atoms with E-state index in [0.29, 0.717) is 5.56 Å². The molecule has 0 fully saturated rings. The summed E-state index contributed by atoms with van der Waals surface area (Å²) in [6, 6.07) is 13.7. The van der Waals surface area contributed by atoms with E-state index in [-0.39, 0.29) is 22.0 Å². The highest BCUT2D eigenvalue weighted by atomic mass is 32.2. The molecule has 3 rings (SSSR count). The van der Waals surface area contributed by atoms with Crippen molar-refractivity contribution in [2.24, 2.45) is 0 Å². The topological polar surface area (TPSA) is 66.5 Å². The number of thiophene rings is 1. The standard InChI is InChI=1S/C20H17F3N2O3S2/c1-25(13-14-7-9-16(10-8-14)20(21,22)23)19(26)15-4-2-5-17(12-15)24-30(27,28)18-6-3-11-29-18/h2-12,24H,13H2,1H3. The van der Waals surface area contributed by atoms with Crippen molar-refractivity contribution >= 4 is 33.0 Å². The third-order valence-corrected chi connectivity index (χ3v) is 6.95. The third-order valence-electron chi connectivity index (χ3n) is 4.17. The molecular weight excluding hydrogens is 437 g/mol. The molecule has 3 aromatic rings. The second kappa shape index (κ2) is 8.49. The highest BCUT2D eigenvalue weighted by Gasteiger charge is 2.30. The number of nitrogens with one attached hydrogen (secondary N) is 1. The monoisotopic (exact) mass is 454 g/mol. The predicted octanol–water partition coefficient (Wildman–Crippen LogP) is 4.84. The van der Waals surface area contributed by atoms with E-state index in [1.54, 1.807) is 17.5 Å². The average Bonchev–Trinajstić information content (AvgIpc) is 3.23. The van der Waals surface area contributed by atoms with Crippen molar-refractivity contribution in [3.05, 3.63) is 82.7 Å². The first-order valence-corrected chi connectivity index (χ1v) is 11.0. The van der Waals surface area contributed by atoms with Crippen LogP contribution >= 0.6 is 11.3 Å². The van der Waals surface area contributed by atoms with Crippen LogP contribution in [0.5, 0.6) is 0 Å². The Bertz CT molecular complexity index is 1130. The molecule has 10 heteroatoms. The number of alkyl halides is 3. The first-order valence-electron chi connectivity index (χ1n) is 8.64. The van der Waals surface area contributed by atoms with Gasteiger partial charge in [-0.2, -0.15) is 13.2 Å². The lowest BCUT2D eigenvalue weighted by Gasteiger charge is -2.18. The van der Waals surface area contributed by atoms with Gasteiger partial charge in [0.15, 0.2) is 0 Å². The average molecular weight is 454 g/mol. The normalized spacial score (nSPS) is 11.9. The molecule has 1 N–H and O–H groups in total. The molecule has 0 aliphatic heterocycles. The van der Waals surface area contributed by atoms with Gasteiger partial charge in [0.25, 0.3) is 15.9 Å². The van der Waals surface area contributed by atoms with Crippen LogP contribution in [0.3, 0.4) is 0 Å². The SMILES string of the molecule is CN(Cc1ccc(C(F)(F)F)cc1)C(=O)c1cccc(NS(=O)(=O)c2cccs2)c1. The maximum Gasteiger partial charge on any atom is 0.416 e. The molecule has 30 heavy (non-hydrogen) atoms. The van der Waals surface area contributed by atoms with Gasteiger partial charge in [0.1, 0.15) is 4.21 Å². The lowest BCUT2D eigenvalue weighted by atomic mass is 10.1. The number of nitrogens with zero attached hydrogens (tertiary/aromatic N) is 1. The quantitative estimate of drug-likeness (QED) is 0.580. The summed E-state index contributed by atoms with van der Waals surface area (Å²) in [5.74, 6) is -0.396. The largest absolute Gasteiger partial charge is 0.416 e. The van der Waals surface area contributed by atoms with Gasteiger partial charge >= 0.3 is 6.18 Å². The number of hydrogen-bond donors (Lipinski definition) is 1. The highest BCUT2D eigenvalue weighted by Crippen LogP contribution is 2.29. The number of carbonyl (C=O) groups is 1. The number of benzene rings is 2. The van der Waals surface area contributed by atoms with Crippen LogP contribution in [0.15, 0.2) is 70.3 Å². The highest BCUT2D eigenvalue weighted by molar-refractivity contribution is 7.94. The summed E-state index contributed by atoms with van der Waals surface area (Å²) >= 11 is 1.07.